The predicted octanol–water partition coefficient (Wildman–Crippen LogP) is 3.28. The molecule has 1 amide bonds. The molecule has 2 aromatic carbocycles. The van der Waals surface area contributed by atoms with Crippen LogP contribution in [0.2, 0.25) is 0 Å². The van der Waals surface area contributed by atoms with E-state index in [-0.39, 0.29) is 0 Å². The van der Waals surface area contributed by atoms with Gasteiger partial charge in [-0.2, -0.15) is 0 Å². The Balaban J connectivity index is 1.63. The van der Waals surface area contributed by atoms with Crippen molar-refractivity contribution in [2.75, 3.05) is 33.3 Å². The normalized spacial score (nSPS) is 15.0. The first-order valence-electron chi connectivity index (χ1n) is 8.26. The molecule has 1 heterocycles. The topological polar surface area (TPSA) is 62.2 Å². The summed E-state index contributed by atoms with van der Waals surface area (Å²) in [6, 6.07) is 15.5. The van der Waals surface area contributed by atoms with Crippen LogP contribution in [-0.2, 0) is 6.54 Å². The number of carboxylic acid groups (broad SMARTS) is 1. The summed E-state index contributed by atoms with van der Waals surface area (Å²) in [6.45, 7) is 3.35. The minimum atomic E-state index is -0.841. The second-order valence-electron chi connectivity index (χ2n) is 5.95. The van der Waals surface area contributed by atoms with Gasteiger partial charge >= 0.3 is 6.09 Å². The predicted molar refractivity (Wildman–Crippen MR) is 94.4 cm³/mol. The third-order valence-corrected chi connectivity index (χ3v) is 4.24. The summed E-state index contributed by atoms with van der Waals surface area (Å²) in [4.78, 5) is 14.7. The summed E-state index contributed by atoms with van der Waals surface area (Å²) in [5.41, 5.74) is 1.14. The standard InChI is InChI=1S/C19H22N2O4/c1-24-17-7-2-3-8-18(17)25-16-6-4-5-15(13-16)14-20-9-11-21(12-10-20)19(22)23/h2-8,13H,9-12,14H2,1H3,(H,22,23). The molecule has 6 heteroatoms. The van der Waals surface area contributed by atoms with E-state index in [0.717, 1.165) is 30.9 Å². The van der Waals surface area contributed by atoms with E-state index in [1.807, 2.05) is 42.5 Å². The fourth-order valence-electron chi connectivity index (χ4n) is 2.89. The average molecular weight is 342 g/mol. The molecule has 6 nitrogen and oxygen atoms in total. The molecular weight excluding hydrogens is 320 g/mol. The maximum Gasteiger partial charge on any atom is 0.407 e. The zero-order chi connectivity index (χ0) is 17.6. The van der Waals surface area contributed by atoms with Crippen molar-refractivity contribution in [3.8, 4) is 17.2 Å². The summed E-state index contributed by atoms with van der Waals surface area (Å²) in [5, 5.41) is 9.01. The van der Waals surface area contributed by atoms with Crippen LogP contribution in [-0.4, -0.2) is 54.3 Å². The van der Waals surface area contributed by atoms with Crippen LogP contribution in [0.4, 0.5) is 4.79 Å². The van der Waals surface area contributed by atoms with Gasteiger partial charge in [0, 0.05) is 32.7 Å². The van der Waals surface area contributed by atoms with Crippen LogP contribution in [0.15, 0.2) is 48.5 Å². The second kappa shape index (κ2) is 7.90. The average Bonchev–Trinajstić information content (AvgIpc) is 2.63. The summed E-state index contributed by atoms with van der Waals surface area (Å²) >= 11 is 0. The van der Waals surface area contributed by atoms with Crippen LogP contribution in [0.1, 0.15) is 5.56 Å². The molecule has 1 fully saturated rings. The molecular formula is C19H22N2O4. The minimum Gasteiger partial charge on any atom is -0.493 e. The molecule has 1 saturated heterocycles. The fourth-order valence-corrected chi connectivity index (χ4v) is 2.89. The van der Waals surface area contributed by atoms with Gasteiger partial charge in [-0.1, -0.05) is 24.3 Å². The summed E-state index contributed by atoms with van der Waals surface area (Å²) in [6.07, 6.45) is -0.841. The summed E-state index contributed by atoms with van der Waals surface area (Å²) in [7, 11) is 1.62. The Kier molecular flexibility index (Phi) is 5.40. The lowest BCUT2D eigenvalue weighted by molar-refractivity contribution is 0.103. The van der Waals surface area contributed by atoms with Gasteiger partial charge in [-0.25, -0.2) is 4.79 Å². The largest absolute Gasteiger partial charge is 0.493 e. The Morgan fingerprint density at radius 1 is 1.04 bits per heavy atom. The van der Waals surface area contributed by atoms with Crippen molar-refractivity contribution in [3.63, 3.8) is 0 Å². The molecule has 25 heavy (non-hydrogen) atoms. The number of amides is 1. The highest BCUT2D eigenvalue weighted by molar-refractivity contribution is 5.65. The molecule has 0 spiro atoms. The van der Waals surface area contributed by atoms with Gasteiger partial charge in [0.25, 0.3) is 0 Å². The number of benzene rings is 2. The number of rotatable bonds is 5. The van der Waals surface area contributed by atoms with Gasteiger partial charge in [0.05, 0.1) is 7.11 Å². The minimum absolute atomic E-state index is 0.548. The Morgan fingerprint density at radius 2 is 1.76 bits per heavy atom. The van der Waals surface area contributed by atoms with Crippen molar-refractivity contribution in [2.45, 2.75) is 6.54 Å². The van der Waals surface area contributed by atoms with E-state index in [1.54, 1.807) is 7.11 Å². The van der Waals surface area contributed by atoms with Crippen LogP contribution in [0.25, 0.3) is 0 Å². The first-order chi connectivity index (χ1) is 12.2. The number of para-hydroxylation sites is 2. The number of carbonyl (C=O) groups is 1. The molecule has 0 atom stereocenters. The smallest absolute Gasteiger partial charge is 0.407 e. The fraction of sp³-hybridized carbons (Fsp3) is 0.316. The number of ether oxygens (including phenoxy) is 2. The molecule has 0 radical (unpaired) electrons. The van der Waals surface area contributed by atoms with E-state index in [0.29, 0.717) is 24.6 Å². The Bertz CT molecular complexity index is 727. The van der Waals surface area contributed by atoms with E-state index in [4.69, 9.17) is 14.6 Å². The summed E-state index contributed by atoms with van der Waals surface area (Å²) < 4.78 is 11.3. The molecule has 0 unspecified atom stereocenters. The molecule has 0 saturated carbocycles. The van der Waals surface area contributed by atoms with Crippen LogP contribution in [0.3, 0.4) is 0 Å². The van der Waals surface area contributed by atoms with E-state index >= 15 is 0 Å². The molecule has 0 aromatic heterocycles. The lowest BCUT2D eigenvalue weighted by Crippen LogP contribution is -2.47. The Morgan fingerprint density at radius 3 is 2.44 bits per heavy atom. The molecule has 0 aliphatic carbocycles. The van der Waals surface area contributed by atoms with Crippen LogP contribution < -0.4 is 9.47 Å². The summed E-state index contributed by atoms with van der Waals surface area (Å²) in [5.74, 6) is 2.13. The van der Waals surface area contributed by atoms with Crippen LogP contribution >= 0.6 is 0 Å². The molecule has 132 valence electrons. The first-order valence-corrected chi connectivity index (χ1v) is 8.26. The lowest BCUT2D eigenvalue weighted by atomic mass is 10.2. The van der Waals surface area contributed by atoms with Crippen LogP contribution in [0, 0.1) is 0 Å². The SMILES string of the molecule is COc1ccccc1Oc1cccc(CN2CCN(C(=O)O)CC2)c1. The second-order valence-corrected chi connectivity index (χ2v) is 5.95. The maximum atomic E-state index is 11.0. The lowest BCUT2D eigenvalue weighted by Gasteiger charge is -2.33. The zero-order valence-electron chi connectivity index (χ0n) is 14.2. The monoisotopic (exact) mass is 342 g/mol. The molecule has 1 aliphatic rings. The van der Waals surface area contributed by atoms with Gasteiger partial charge < -0.3 is 19.5 Å². The zero-order valence-corrected chi connectivity index (χ0v) is 14.2. The van der Waals surface area contributed by atoms with Crippen molar-refractivity contribution < 1.29 is 19.4 Å². The number of hydrogen-bond acceptors (Lipinski definition) is 4. The molecule has 1 N–H and O–H groups in total. The maximum absolute atomic E-state index is 11.0. The third kappa shape index (κ3) is 4.42. The highest BCUT2D eigenvalue weighted by atomic mass is 16.5. The van der Waals surface area contributed by atoms with Gasteiger partial charge in [0.15, 0.2) is 11.5 Å². The van der Waals surface area contributed by atoms with Crippen molar-refractivity contribution in [1.82, 2.24) is 9.80 Å². The quantitative estimate of drug-likeness (QED) is 0.903. The number of nitrogens with zero attached hydrogens (tertiary/aromatic N) is 2. The number of piperazine rings is 1. The van der Waals surface area contributed by atoms with Gasteiger partial charge in [-0.05, 0) is 29.8 Å². The van der Waals surface area contributed by atoms with E-state index < -0.39 is 6.09 Å². The van der Waals surface area contributed by atoms with E-state index in [2.05, 4.69) is 11.0 Å². The van der Waals surface area contributed by atoms with E-state index in [9.17, 15) is 4.79 Å². The van der Waals surface area contributed by atoms with Crippen molar-refractivity contribution >= 4 is 6.09 Å². The van der Waals surface area contributed by atoms with Crippen LogP contribution in [0.5, 0.6) is 17.2 Å². The molecule has 1 aliphatic heterocycles. The molecule has 0 bridgehead atoms. The molecule has 3 rings (SSSR count). The van der Waals surface area contributed by atoms with Gasteiger partial charge in [-0.3, -0.25) is 4.90 Å². The highest BCUT2D eigenvalue weighted by Gasteiger charge is 2.20. The Labute approximate surface area is 147 Å². The number of hydrogen-bond donors (Lipinski definition) is 1. The van der Waals surface area contributed by atoms with Gasteiger partial charge in [0.1, 0.15) is 5.75 Å². The van der Waals surface area contributed by atoms with E-state index in [1.165, 1.54) is 4.90 Å². The van der Waals surface area contributed by atoms with Gasteiger partial charge in [0.2, 0.25) is 0 Å². The highest BCUT2D eigenvalue weighted by Crippen LogP contribution is 2.31. The van der Waals surface area contributed by atoms with Crippen molar-refractivity contribution in [2.24, 2.45) is 0 Å². The van der Waals surface area contributed by atoms with Crippen molar-refractivity contribution in [1.29, 1.82) is 0 Å². The van der Waals surface area contributed by atoms with Gasteiger partial charge in [-0.15, -0.1) is 0 Å². The Hall–Kier alpha value is -2.73. The molecule has 2 aromatic rings. The third-order valence-electron chi connectivity index (χ3n) is 4.24. The van der Waals surface area contributed by atoms with Crippen molar-refractivity contribution in [3.05, 3.63) is 54.1 Å². The number of methoxy groups -OCH3 is 1. The first kappa shape index (κ1) is 17.1.